The predicted octanol–water partition coefficient (Wildman–Crippen LogP) is 1.81. The van der Waals surface area contributed by atoms with Crippen molar-refractivity contribution in [2.75, 3.05) is 19.7 Å². The molecule has 2 heterocycles. The quantitative estimate of drug-likeness (QED) is 0.879. The topological polar surface area (TPSA) is 63.6 Å². The lowest BCUT2D eigenvalue weighted by Gasteiger charge is -2.28. The van der Waals surface area contributed by atoms with Gasteiger partial charge >= 0.3 is 12.0 Å². The number of aryl methyl sites for hydroxylation is 1. The summed E-state index contributed by atoms with van der Waals surface area (Å²) < 4.78 is 7.03. The number of urea groups is 1. The van der Waals surface area contributed by atoms with Gasteiger partial charge in [-0.05, 0) is 13.0 Å². The third-order valence-electron chi connectivity index (χ3n) is 4.29. The monoisotopic (exact) mass is 315 g/mol. The molecule has 3 rings (SSSR count). The number of esters is 1. The number of benzene rings is 1. The van der Waals surface area contributed by atoms with Gasteiger partial charge in [-0.3, -0.25) is 4.79 Å². The van der Waals surface area contributed by atoms with E-state index in [9.17, 15) is 9.59 Å². The third kappa shape index (κ3) is 2.88. The van der Waals surface area contributed by atoms with Crippen molar-refractivity contribution in [3.8, 4) is 0 Å². The SMILES string of the molecule is CCOC(=O)CNC(=O)N1CCc2c(c3ccccc3n2C)C1. The van der Waals surface area contributed by atoms with Gasteiger partial charge in [0.05, 0.1) is 6.61 Å². The van der Waals surface area contributed by atoms with Gasteiger partial charge in [-0.2, -0.15) is 0 Å². The minimum Gasteiger partial charge on any atom is -0.465 e. The molecule has 122 valence electrons. The van der Waals surface area contributed by atoms with Gasteiger partial charge in [-0.1, -0.05) is 18.2 Å². The van der Waals surface area contributed by atoms with E-state index in [-0.39, 0.29) is 12.6 Å². The average molecular weight is 315 g/mol. The van der Waals surface area contributed by atoms with E-state index in [1.54, 1.807) is 11.8 Å². The number of carbonyl (C=O) groups is 2. The van der Waals surface area contributed by atoms with E-state index >= 15 is 0 Å². The minimum absolute atomic E-state index is 0.0917. The van der Waals surface area contributed by atoms with Crippen LogP contribution in [0.5, 0.6) is 0 Å². The van der Waals surface area contributed by atoms with E-state index < -0.39 is 5.97 Å². The lowest BCUT2D eigenvalue weighted by atomic mass is 10.0. The van der Waals surface area contributed by atoms with Crippen LogP contribution in [0.4, 0.5) is 4.79 Å². The smallest absolute Gasteiger partial charge is 0.325 e. The first-order valence-electron chi connectivity index (χ1n) is 7.85. The van der Waals surface area contributed by atoms with Crippen LogP contribution < -0.4 is 5.32 Å². The molecule has 0 unspecified atom stereocenters. The first kappa shape index (κ1) is 15.4. The largest absolute Gasteiger partial charge is 0.465 e. The molecule has 0 spiro atoms. The molecule has 6 nitrogen and oxygen atoms in total. The number of nitrogens with zero attached hydrogens (tertiary/aromatic N) is 2. The molecule has 0 radical (unpaired) electrons. The number of rotatable bonds is 3. The van der Waals surface area contributed by atoms with Gasteiger partial charge in [0, 0.05) is 48.7 Å². The van der Waals surface area contributed by atoms with Crippen LogP contribution in [0.15, 0.2) is 24.3 Å². The zero-order valence-electron chi connectivity index (χ0n) is 13.5. The number of hydrogen-bond acceptors (Lipinski definition) is 3. The molecular formula is C17H21N3O3. The van der Waals surface area contributed by atoms with Crippen LogP contribution >= 0.6 is 0 Å². The Bertz CT molecular complexity index is 751. The lowest BCUT2D eigenvalue weighted by molar-refractivity contribution is -0.141. The Morgan fingerprint density at radius 3 is 2.87 bits per heavy atom. The van der Waals surface area contributed by atoms with Crippen molar-refractivity contribution in [2.24, 2.45) is 7.05 Å². The maximum atomic E-state index is 12.3. The number of carbonyl (C=O) groups excluding carboxylic acids is 2. The third-order valence-corrected chi connectivity index (χ3v) is 4.29. The fourth-order valence-electron chi connectivity index (χ4n) is 3.18. The average Bonchev–Trinajstić information content (AvgIpc) is 2.86. The van der Waals surface area contributed by atoms with E-state index in [4.69, 9.17) is 4.74 Å². The Kier molecular flexibility index (Phi) is 4.23. The molecular weight excluding hydrogens is 294 g/mol. The van der Waals surface area contributed by atoms with Crippen LogP contribution in [0, 0.1) is 0 Å². The standard InChI is InChI=1S/C17H21N3O3/c1-3-23-16(21)10-18-17(22)20-9-8-15-13(11-20)12-6-4-5-7-14(12)19(15)2/h4-7H,3,8-11H2,1-2H3,(H,18,22). The van der Waals surface area contributed by atoms with E-state index in [0.717, 1.165) is 6.42 Å². The van der Waals surface area contributed by atoms with E-state index in [2.05, 4.69) is 29.1 Å². The maximum absolute atomic E-state index is 12.3. The first-order valence-corrected chi connectivity index (χ1v) is 7.85. The second kappa shape index (κ2) is 6.32. The molecule has 0 bridgehead atoms. The Hall–Kier alpha value is -2.50. The maximum Gasteiger partial charge on any atom is 0.325 e. The van der Waals surface area contributed by atoms with Crippen LogP contribution in [0.25, 0.3) is 10.9 Å². The zero-order valence-corrected chi connectivity index (χ0v) is 13.5. The summed E-state index contributed by atoms with van der Waals surface area (Å²) >= 11 is 0. The highest BCUT2D eigenvalue weighted by atomic mass is 16.5. The summed E-state index contributed by atoms with van der Waals surface area (Å²) in [7, 11) is 2.07. The molecule has 23 heavy (non-hydrogen) atoms. The van der Waals surface area contributed by atoms with Crippen molar-refractivity contribution in [2.45, 2.75) is 19.9 Å². The lowest BCUT2D eigenvalue weighted by Crippen LogP contribution is -2.44. The van der Waals surface area contributed by atoms with Gasteiger partial charge in [0.15, 0.2) is 0 Å². The molecule has 0 atom stereocenters. The number of ether oxygens (including phenoxy) is 1. The Balaban J connectivity index is 1.74. The Morgan fingerprint density at radius 2 is 2.09 bits per heavy atom. The van der Waals surface area contributed by atoms with E-state index in [1.165, 1.54) is 22.2 Å². The highest BCUT2D eigenvalue weighted by Crippen LogP contribution is 2.29. The van der Waals surface area contributed by atoms with Crippen molar-refractivity contribution in [1.29, 1.82) is 0 Å². The fourth-order valence-corrected chi connectivity index (χ4v) is 3.18. The van der Waals surface area contributed by atoms with Crippen molar-refractivity contribution in [1.82, 2.24) is 14.8 Å². The molecule has 1 aromatic carbocycles. The minimum atomic E-state index is -0.413. The van der Waals surface area contributed by atoms with Gasteiger partial charge in [0.1, 0.15) is 6.54 Å². The second-order valence-corrected chi connectivity index (χ2v) is 5.64. The summed E-state index contributed by atoms with van der Waals surface area (Å²) in [4.78, 5) is 25.4. The van der Waals surface area contributed by atoms with E-state index in [1.807, 2.05) is 12.1 Å². The van der Waals surface area contributed by atoms with Crippen molar-refractivity contribution < 1.29 is 14.3 Å². The predicted molar refractivity (Wildman–Crippen MR) is 87.1 cm³/mol. The van der Waals surface area contributed by atoms with Gasteiger partial charge in [-0.25, -0.2) is 4.79 Å². The van der Waals surface area contributed by atoms with Gasteiger partial charge in [-0.15, -0.1) is 0 Å². The highest BCUT2D eigenvalue weighted by molar-refractivity contribution is 5.87. The number of fused-ring (bicyclic) bond motifs is 3. The highest BCUT2D eigenvalue weighted by Gasteiger charge is 2.25. The molecule has 0 saturated carbocycles. The fraction of sp³-hybridized carbons (Fsp3) is 0.412. The van der Waals surface area contributed by atoms with E-state index in [0.29, 0.717) is 19.7 Å². The summed E-state index contributed by atoms with van der Waals surface area (Å²) in [5.41, 5.74) is 3.66. The number of amides is 2. The number of hydrogen-bond donors (Lipinski definition) is 1. The molecule has 2 amide bonds. The molecule has 0 saturated heterocycles. The second-order valence-electron chi connectivity index (χ2n) is 5.64. The molecule has 1 aliphatic heterocycles. The molecule has 1 N–H and O–H groups in total. The summed E-state index contributed by atoms with van der Waals surface area (Å²) in [6.07, 6.45) is 0.813. The summed E-state index contributed by atoms with van der Waals surface area (Å²) in [5, 5.41) is 3.82. The van der Waals surface area contributed by atoms with Crippen molar-refractivity contribution >= 4 is 22.9 Å². The molecule has 1 aromatic heterocycles. The van der Waals surface area contributed by atoms with Crippen LogP contribution in [-0.4, -0.2) is 41.2 Å². The van der Waals surface area contributed by atoms with Gasteiger partial charge in [0.25, 0.3) is 0 Å². The number of para-hydroxylation sites is 1. The van der Waals surface area contributed by atoms with Crippen molar-refractivity contribution in [3.63, 3.8) is 0 Å². The Labute approximate surface area is 135 Å². The van der Waals surface area contributed by atoms with Gasteiger partial charge in [0.2, 0.25) is 0 Å². The number of nitrogens with one attached hydrogen (secondary N) is 1. The number of aromatic nitrogens is 1. The van der Waals surface area contributed by atoms with Crippen LogP contribution in [-0.2, 0) is 29.5 Å². The molecule has 1 aliphatic rings. The first-order chi connectivity index (χ1) is 11.1. The molecule has 6 heteroatoms. The summed E-state index contributed by atoms with van der Waals surface area (Å²) in [6, 6.07) is 8.00. The van der Waals surface area contributed by atoms with Crippen LogP contribution in [0.1, 0.15) is 18.2 Å². The normalized spacial score (nSPS) is 13.7. The molecule has 0 aliphatic carbocycles. The molecule has 0 fully saturated rings. The van der Waals surface area contributed by atoms with Crippen LogP contribution in [0.2, 0.25) is 0 Å². The Morgan fingerprint density at radius 1 is 1.30 bits per heavy atom. The van der Waals surface area contributed by atoms with Crippen LogP contribution in [0.3, 0.4) is 0 Å². The van der Waals surface area contributed by atoms with Crippen molar-refractivity contribution in [3.05, 3.63) is 35.5 Å². The summed E-state index contributed by atoms with van der Waals surface area (Å²) in [6.45, 7) is 3.17. The summed E-state index contributed by atoms with van der Waals surface area (Å²) in [5.74, 6) is -0.413. The van der Waals surface area contributed by atoms with Gasteiger partial charge < -0.3 is 19.5 Å². The molecule has 2 aromatic rings. The zero-order chi connectivity index (χ0) is 16.4.